The summed E-state index contributed by atoms with van der Waals surface area (Å²) < 4.78 is 2.81. The lowest BCUT2D eigenvalue weighted by atomic mass is 10.2. The number of aryl methyl sites for hydroxylation is 1. The van der Waals surface area contributed by atoms with Crippen LogP contribution in [0.25, 0.3) is 0 Å². The molecule has 2 aromatic rings. The van der Waals surface area contributed by atoms with Gasteiger partial charge in [-0.3, -0.25) is 4.79 Å². The van der Waals surface area contributed by atoms with Gasteiger partial charge in [0.1, 0.15) is 5.82 Å². The molecule has 1 aliphatic heterocycles. The molecular formula is C13H14ClN3OS2. The second-order valence-corrected chi connectivity index (χ2v) is 7.33. The number of hydrogen-bond acceptors (Lipinski definition) is 5. The van der Waals surface area contributed by atoms with Crippen LogP contribution in [0, 0.1) is 0 Å². The number of thiophene rings is 1. The number of aromatic nitrogens is 3. The van der Waals surface area contributed by atoms with Crippen molar-refractivity contribution in [3.8, 4) is 0 Å². The summed E-state index contributed by atoms with van der Waals surface area (Å²) in [5.74, 6) is 1.53. The van der Waals surface area contributed by atoms with Crippen LogP contribution in [0.3, 0.4) is 0 Å². The third-order valence-corrected chi connectivity index (χ3v) is 5.49. The van der Waals surface area contributed by atoms with E-state index in [4.69, 9.17) is 11.6 Å². The number of thioether (sulfide) groups is 1. The molecule has 0 amide bonds. The van der Waals surface area contributed by atoms with E-state index in [1.165, 1.54) is 35.9 Å². The number of carbonyl (C=O) groups is 1. The number of ketones is 1. The van der Waals surface area contributed by atoms with Gasteiger partial charge in [0.25, 0.3) is 0 Å². The zero-order valence-electron chi connectivity index (χ0n) is 10.8. The minimum absolute atomic E-state index is 0.0953. The summed E-state index contributed by atoms with van der Waals surface area (Å²) in [4.78, 5) is 12.8. The van der Waals surface area contributed by atoms with Crippen molar-refractivity contribution in [3.63, 3.8) is 0 Å². The van der Waals surface area contributed by atoms with E-state index in [0.29, 0.717) is 15.0 Å². The molecule has 0 saturated carbocycles. The fraction of sp³-hybridized carbons (Fsp3) is 0.462. The molecule has 2 aromatic heterocycles. The van der Waals surface area contributed by atoms with Gasteiger partial charge in [0.15, 0.2) is 10.9 Å². The predicted octanol–water partition coefficient (Wildman–Crippen LogP) is 3.69. The fourth-order valence-corrected chi connectivity index (χ4v) is 4.17. The zero-order chi connectivity index (χ0) is 13.9. The molecule has 1 aliphatic rings. The Bertz CT molecular complexity index is 623. The second kappa shape index (κ2) is 6.28. The third-order valence-electron chi connectivity index (χ3n) is 3.26. The van der Waals surface area contributed by atoms with Crippen LogP contribution in [-0.4, -0.2) is 26.3 Å². The molecule has 0 aliphatic carbocycles. The number of nitrogens with zero attached hydrogens (tertiary/aromatic N) is 3. The molecule has 106 valence electrons. The summed E-state index contributed by atoms with van der Waals surface area (Å²) in [6.45, 7) is 0.962. The first-order chi connectivity index (χ1) is 9.74. The lowest BCUT2D eigenvalue weighted by Gasteiger charge is -2.05. The highest BCUT2D eigenvalue weighted by molar-refractivity contribution is 7.99. The minimum Gasteiger partial charge on any atom is -0.306 e. The van der Waals surface area contributed by atoms with Crippen molar-refractivity contribution in [2.24, 2.45) is 0 Å². The van der Waals surface area contributed by atoms with E-state index in [0.717, 1.165) is 30.4 Å². The Morgan fingerprint density at radius 2 is 2.25 bits per heavy atom. The Kier molecular flexibility index (Phi) is 4.43. The van der Waals surface area contributed by atoms with Gasteiger partial charge in [-0.1, -0.05) is 29.8 Å². The van der Waals surface area contributed by atoms with E-state index >= 15 is 0 Å². The zero-order valence-corrected chi connectivity index (χ0v) is 13.2. The first-order valence-electron chi connectivity index (χ1n) is 6.57. The van der Waals surface area contributed by atoms with Gasteiger partial charge in [-0.25, -0.2) is 0 Å². The van der Waals surface area contributed by atoms with Crippen LogP contribution in [0.15, 0.2) is 17.3 Å². The van der Waals surface area contributed by atoms with Gasteiger partial charge in [0, 0.05) is 13.0 Å². The highest BCUT2D eigenvalue weighted by atomic mass is 35.5. The molecule has 0 aromatic carbocycles. The molecule has 20 heavy (non-hydrogen) atoms. The molecule has 0 unspecified atom stereocenters. The maximum absolute atomic E-state index is 12.1. The topological polar surface area (TPSA) is 47.8 Å². The van der Waals surface area contributed by atoms with Crippen LogP contribution in [0.2, 0.25) is 4.34 Å². The van der Waals surface area contributed by atoms with Crippen LogP contribution in [-0.2, 0) is 13.0 Å². The van der Waals surface area contributed by atoms with E-state index in [2.05, 4.69) is 14.8 Å². The summed E-state index contributed by atoms with van der Waals surface area (Å²) in [5, 5.41) is 9.30. The molecule has 7 heteroatoms. The number of hydrogen-bond donors (Lipinski definition) is 0. The molecule has 0 saturated heterocycles. The van der Waals surface area contributed by atoms with Crippen LogP contribution >= 0.6 is 34.7 Å². The van der Waals surface area contributed by atoms with Crippen LogP contribution < -0.4 is 0 Å². The highest BCUT2D eigenvalue weighted by Crippen LogP contribution is 2.26. The fourth-order valence-electron chi connectivity index (χ4n) is 2.23. The summed E-state index contributed by atoms with van der Waals surface area (Å²) in [7, 11) is 0. The number of fused-ring (bicyclic) bond motifs is 1. The maximum Gasteiger partial charge on any atom is 0.191 e. The summed E-state index contributed by atoms with van der Waals surface area (Å²) in [6, 6.07) is 3.54. The molecule has 4 nitrogen and oxygen atoms in total. The van der Waals surface area contributed by atoms with Gasteiger partial charge in [-0.15, -0.1) is 21.5 Å². The van der Waals surface area contributed by atoms with Gasteiger partial charge in [0.2, 0.25) is 0 Å². The Balaban J connectivity index is 1.67. The lowest BCUT2D eigenvalue weighted by molar-refractivity contribution is 0.102. The van der Waals surface area contributed by atoms with E-state index in [-0.39, 0.29) is 5.78 Å². The van der Waals surface area contributed by atoms with Gasteiger partial charge in [-0.05, 0) is 25.0 Å². The molecule has 0 atom stereocenters. The molecule has 0 radical (unpaired) electrons. The van der Waals surface area contributed by atoms with Crippen molar-refractivity contribution in [1.82, 2.24) is 14.8 Å². The van der Waals surface area contributed by atoms with Crippen molar-refractivity contribution in [1.29, 1.82) is 0 Å². The molecule has 3 heterocycles. The SMILES string of the molecule is O=C(CSc1nnc2n1CCCCC2)c1ccc(Cl)s1. The largest absolute Gasteiger partial charge is 0.306 e. The first-order valence-corrected chi connectivity index (χ1v) is 8.75. The number of Topliss-reactive ketones (excluding diaryl/α,β-unsaturated/α-hetero) is 1. The van der Waals surface area contributed by atoms with E-state index in [1.807, 2.05) is 0 Å². The van der Waals surface area contributed by atoms with Crippen molar-refractivity contribution in [2.45, 2.75) is 37.4 Å². The lowest BCUT2D eigenvalue weighted by Crippen LogP contribution is -2.05. The van der Waals surface area contributed by atoms with Crippen molar-refractivity contribution in [3.05, 3.63) is 27.2 Å². The molecule has 0 fully saturated rings. The number of carbonyl (C=O) groups excluding carboxylic acids is 1. The third kappa shape index (κ3) is 3.07. The Labute approximate surface area is 130 Å². The smallest absolute Gasteiger partial charge is 0.191 e. The summed E-state index contributed by atoms with van der Waals surface area (Å²) in [6.07, 6.45) is 4.56. The van der Waals surface area contributed by atoms with Crippen molar-refractivity contribution >= 4 is 40.5 Å². The van der Waals surface area contributed by atoms with E-state index in [1.54, 1.807) is 12.1 Å². The summed E-state index contributed by atoms with van der Waals surface area (Å²) in [5.41, 5.74) is 0. The first kappa shape index (κ1) is 14.1. The normalized spacial score (nSPS) is 14.8. The molecule has 0 spiro atoms. The number of halogens is 1. The van der Waals surface area contributed by atoms with Gasteiger partial charge in [-0.2, -0.15) is 0 Å². The monoisotopic (exact) mass is 327 g/mol. The predicted molar refractivity (Wildman–Crippen MR) is 82.0 cm³/mol. The minimum atomic E-state index is 0.0953. The number of rotatable bonds is 4. The van der Waals surface area contributed by atoms with Crippen LogP contribution in [0.5, 0.6) is 0 Å². The molecule has 0 N–H and O–H groups in total. The van der Waals surface area contributed by atoms with Gasteiger partial charge < -0.3 is 4.57 Å². The van der Waals surface area contributed by atoms with Gasteiger partial charge in [0.05, 0.1) is 15.0 Å². The average molecular weight is 328 g/mol. The maximum atomic E-state index is 12.1. The molecule has 0 bridgehead atoms. The van der Waals surface area contributed by atoms with E-state index < -0.39 is 0 Å². The van der Waals surface area contributed by atoms with E-state index in [9.17, 15) is 4.79 Å². The molecular weight excluding hydrogens is 314 g/mol. The Morgan fingerprint density at radius 1 is 1.35 bits per heavy atom. The second-order valence-electron chi connectivity index (χ2n) is 4.68. The van der Waals surface area contributed by atoms with Gasteiger partial charge >= 0.3 is 0 Å². The Hall–Kier alpha value is -0.850. The molecule has 3 rings (SSSR count). The van der Waals surface area contributed by atoms with Crippen LogP contribution in [0.4, 0.5) is 0 Å². The standard InChI is InChI=1S/C13H14ClN3OS2/c14-11-6-5-10(20-11)9(18)8-19-13-16-15-12-4-2-1-3-7-17(12)13/h5-6H,1-4,7-8H2. The highest BCUT2D eigenvalue weighted by Gasteiger charge is 2.17. The van der Waals surface area contributed by atoms with Crippen molar-refractivity contribution in [2.75, 3.05) is 5.75 Å². The Morgan fingerprint density at radius 3 is 3.05 bits per heavy atom. The van der Waals surface area contributed by atoms with Crippen LogP contribution in [0.1, 0.15) is 34.8 Å². The quantitative estimate of drug-likeness (QED) is 0.634. The summed E-state index contributed by atoms with van der Waals surface area (Å²) >= 11 is 8.64. The average Bonchev–Trinajstić information content (AvgIpc) is 2.96. The van der Waals surface area contributed by atoms with Crippen molar-refractivity contribution < 1.29 is 4.79 Å².